The third-order valence-corrected chi connectivity index (χ3v) is 3.17. The van der Waals surface area contributed by atoms with Crippen LogP contribution in [0.15, 0.2) is 0 Å². The highest BCUT2D eigenvalue weighted by atomic mass is 32.2. The highest BCUT2D eigenvalue weighted by Gasteiger charge is 2.13. The van der Waals surface area contributed by atoms with Crippen LogP contribution in [0.2, 0.25) is 0 Å². The fourth-order valence-electron chi connectivity index (χ4n) is 1.49. The number of sulfonamides is 1. The van der Waals surface area contributed by atoms with E-state index in [0.717, 1.165) is 19.1 Å². The lowest BCUT2D eigenvalue weighted by Crippen LogP contribution is -2.47. The SMILES string of the molecule is CCCC(C)NC(=O)C(C)NCCNS(C)(=O)=O. The maximum atomic E-state index is 11.7. The van der Waals surface area contributed by atoms with E-state index in [4.69, 9.17) is 0 Å². The fraction of sp³-hybridized carbons (Fsp3) is 0.909. The zero-order chi connectivity index (χ0) is 14.2. The van der Waals surface area contributed by atoms with Gasteiger partial charge in [0, 0.05) is 19.1 Å². The van der Waals surface area contributed by atoms with E-state index in [0.29, 0.717) is 6.54 Å². The topological polar surface area (TPSA) is 87.3 Å². The van der Waals surface area contributed by atoms with Crippen molar-refractivity contribution in [1.29, 1.82) is 0 Å². The second-order valence-corrected chi connectivity index (χ2v) is 6.37. The van der Waals surface area contributed by atoms with Crippen molar-refractivity contribution in [3.05, 3.63) is 0 Å². The molecule has 0 heterocycles. The van der Waals surface area contributed by atoms with Gasteiger partial charge < -0.3 is 10.6 Å². The first-order valence-electron chi connectivity index (χ1n) is 6.24. The molecule has 7 heteroatoms. The average Bonchev–Trinajstić information content (AvgIpc) is 2.22. The molecule has 0 radical (unpaired) electrons. The maximum Gasteiger partial charge on any atom is 0.237 e. The standard InChI is InChI=1S/C11H25N3O3S/c1-5-6-9(2)14-11(15)10(3)12-7-8-13-18(4,16)17/h9-10,12-13H,5-8H2,1-4H3,(H,14,15). The van der Waals surface area contributed by atoms with E-state index in [-0.39, 0.29) is 24.5 Å². The van der Waals surface area contributed by atoms with Gasteiger partial charge in [-0.3, -0.25) is 4.79 Å². The molecule has 0 saturated carbocycles. The lowest BCUT2D eigenvalue weighted by Gasteiger charge is -2.18. The summed E-state index contributed by atoms with van der Waals surface area (Å²) in [5.41, 5.74) is 0. The Morgan fingerprint density at radius 3 is 2.33 bits per heavy atom. The molecule has 2 atom stereocenters. The van der Waals surface area contributed by atoms with Gasteiger partial charge in [0.25, 0.3) is 0 Å². The first-order chi connectivity index (χ1) is 8.26. The van der Waals surface area contributed by atoms with Crippen molar-refractivity contribution in [2.75, 3.05) is 19.3 Å². The number of hydrogen-bond donors (Lipinski definition) is 3. The summed E-state index contributed by atoms with van der Waals surface area (Å²) in [5, 5.41) is 5.86. The van der Waals surface area contributed by atoms with Crippen LogP contribution in [0.5, 0.6) is 0 Å². The summed E-state index contributed by atoms with van der Waals surface area (Å²) in [7, 11) is -3.16. The molecule has 3 N–H and O–H groups in total. The minimum atomic E-state index is -3.16. The Bertz CT molecular complexity index is 343. The van der Waals surface area contributed by atoms with Gasteiger partial charge in [-0.15, -0.1) is 0 Å². The summed E-state index contributed by atoms with van der Waals surface area (Å²) in [6, 6.07) is -0.161. The Balaban J connectivity index is 3.81. The quantitative estimate of drug-likeness (QED) is 0.511. The molecule has 0 aliphatic heterocycles. The van der Waals surface area contributed by atoms with Crippen molar-refractivity contribution in [2.24, 2.45) is 0 Å². The average molecular weight is 279 g/mol. The molecule has 1 amide bonds. The van der Waals surface area contributed by atoms with Crippen molar-refractivity contribution in [3.8, 4) is 0 Å². The summed E-state index contributed by atoms with van der Waals surface area (Å²) in [5.74, 6) is -0.0599. The summed E-state index contributed by atoms with van der Waals surface area (Å²) >= 11 is 0. The first kappa shape index (κ1) is 17.3. The number of nitrogens with one attached hydrogen (secondary N) is 3. The molecule has 0 rings (SSSR count). The van der Waals surface area contributed by atoms with Crippen molar-refractivity contribution in [2.45, 2.75) is 45.7 Å². The van der Waals surface area contributed by atoms with Crippen molar-refractivity contribution < 1.29 is 13.2 Å². The molecule has 0 aromatic carbocycles. The Labute approximate surface area is 110 Å². The third kappa shape index (κ3) is 9.38. The monoisotopic (exact) mass is 279 g/mol. The third-order valence-electron chi connectivity index (χ3n) is 2.44. The molecule has 2 unspecified atom stereocenters. The molecule has 18 heavy (non-hydrogen) atoms. The van der Waals surface area contributed by atoms with Gasteiger partial charge in [0.2, 0.25) is 15.9 Å². The van der Waals surface area contributed by atoms with Crippen LogP contribution in [0, 0.1) is 0 Å². The number of hydrogen-bond acceptors (Lipinski definition) is 4. The molecular formula is C11H25N3O3S. The molecule has 0 bridgehead atoms. The molecule has 0 aromatic heterocycles. The predicted octanol–water partition coefficient (Wildman–Crippen LogP) is -0.181. The van der Waals surface area contributed by atoms with Crippen LogP contribution in [0.3, 0.4) is 0 Å². The predicted molar refractivity (Wildman–Crippen MR) is 72.8 cm³/mol. The highest BCUT2D eigenvalue weighted by molar-refractivity contribution is 7.88. The maximum absolute atomic E-state index is 11.7. The molecule has 0 fully saturated rings. The van der Waals surface area contributed by atoms with Gasteiger partial charge in [-0.2, -0.15) is 0 Å². The molecule has 108 valence electrons. The number of carbonyl (C=O) groups excluding carboxylic acids is 1. The van der Waals surface area contributed by atoms with Crippen LogP contribution in [-0.4, -0.2) is 45.8 Å². The van der Waals surface area contributed by atoms with Crippen LogP contribution < -0.4 is 15.4 Å². The molecule has 0 aliphatic carbocycles. The molecule has 0 aromatic rings. The largest absolute Gasteiger partial charge is 0.352 e. The minimum Gasteiger partial charge on any atom is -0.352 e. The van der Waals surface area contributed by atoms with Crippen molar-refractivity contribution in [1.82, 2.24) is 15.4 Å². The normalized spacial score (nSPS) is 15.1. The van der Waals surface area contributed by atoms with Gasteiger partial charge in [-0.05, 0) is 20.3 Å². The highest BCUT2D eigenvalue weighted by Crippen LogP contribution is 1.95. The van der Waals surface area contributed by atoms with Gasteiger partial charge in [0.05, 0.1) is 12.3 Å². The smallest absolute Gasteiger partial charge is 0.237 e. The second kappa shape index (κ2) is 8.44. The van der Waals surface area contributed by atoms with E-state index in [1.54, 1.807) is 6.92 Å². The van der Waals surface area contributed by atoms with Crippen LogP contribution in [0.25, 0.3) is 0 Å². The Morgan fingerprint density at radius 1 is 1.22 bits per heavy atom. The number of rotatable bonds is 9. The van der Waals surface area contributed by atoms with Gasteiger partial charge >= 0.3 is 0 Å². The zero-order valence-corrected chi connectivity index (χ0v) is 12.4. The van der Waals surface area contributed by atoms with Crippen LogP contribution in [-0.2, 0) is 14.8 Å². The van der Waals surface area contributed by atoms with Crippen LogP contribution in [0.4, 0.5) is 0 Å². The van der Waals surface area contributed by atoms with Crippen molar-refractivity contribution in [3.63, 3.8) is 0 Å². The molecule has 0 spiro atoms. The van der Waals surface area contributed by atoms with Gasteiger partial charge in [0.1, 0.15) is 0 Å². The van der Waals surface area contributed by atoms with E-state index in [9.17, 15) is 13.2 Å². The summed E-state index contributed by atoms with van der Waals surface area (Å²) in [4.78, 5) is 11.7. The Kier molecular flexibility index (Phi) is 8.13. The van der Waals surface area contributed by atoms with Crippen LogP contribution >= 0.6 is 0 Å². The zero-order valence-electron chi connectivity index (χ0n) is 11.6. The minimum absolute atomic E-state index is 0.0599. The molecule has 6 nitrogen and oxygen atoms in total. The number of carbonyl (C=O) groups is 1. The van der Waals surface area contributed by atoms with Gasteiger partial charge in [-0.1, -0.05) is 13.3 Å². The summed E-state index contributed by atoms with van der Waals surface area (Å²) in [6.45, 7) is 6.50. The van der Waals surface area contributed by atoms with Crippen molar-refractivity contribution >= 4 is 15.9 Å². The Morgan fingerprint density at radius 2 is 1.83 bits per heavy atom. The molecule has 0 aliphatic rings. The first-order valence-corrected chi connectivity index (χ1v) is 8.13. The van der Waals surface area contributed by atoms with E-state index in [2.05, 4.69) is 22.3 Å². The molecular weight excluding hydrogens is 254 g/mol. The van der Waals surface area contributed by atoms with Crippen LogP contribution in [0.1, 0.15) is 33.6 Å². The second-order valence-electron chi connectivity index (χ2n) is 4.54. The summed E-state index contributed by atoms with van der Waals surface area (Å²) < 4.78 is 24.0. The molecule has 0 saturated heterocycles. The van der Waals surface area contributed by atoms with Gasteiger partial charge in [0.15, 0.2) is 0 Å². The Hall–Kier alpha value is -0.660. The number of amides is 1. The lowest BCUT2D eigenvalue weighted by atomic mass is 10.2. The van der Waals surface area contributed by atoms with E-state index < -0.39 is 10.0 Å². The fourth-order valence-corrected chi connectivity index (χ4v) is 1.96. The van der Waals surface area contributed by atoms with Gasteiger partial charge in [-0.25, -0.2) is 13.1 Å². The lowest BCUT2D eigenvalue weighted by molar-refractivity contribution is -0.123. The summed E-state index contributed by atoms with van der Waals surface area (Å²) in [6.07, 6.45) is 3.09. The van der Waals surface area contributed by atoms with E-state index in [1.165, 1.54) is 0 Å². The van der Waals surface area contributed by atoms with E-state index in [1.807, 2.05) is 6.92 Å². The van der Waals surface area contributed by atoms with E-state index >= 15 is 0 Å².